The Balaban J connectivity index is 1.77. The minimum Gasteiger partial charge on any atom is -0.496 e. The van der Waals surface area contributed by atoms with Crippen molar-refractivity contribution in [1.29, 1.82) is 0 Å². The molecule has 4 atom stereocenters. The van der Waals surface area contributed by atoms with Crippen LogP contribution >= 0.6 is 0 Å². The molecule has 1 heterocycles. The van der Waals surface area contributed by atoms with Gasteiger partial charge in [-0.2, -0.15) is 0 Å². The summed E-state index contributed by atoms with van der Waals surface area (Å²) < 4.78 is 11.2. The summed E-state index contributed by atoms with van der Waals surface area (Å²) in [5.74, 6) is 2.16. The average Bonchev–Trinajstić information content (AvgIpc) is 2.68. The number of nitrogens with one attached hydrogen (secondary N) is 1. The third-order valence-corrected chi connectivity index (χ3v) is 6.12. The van der Waals surface area contributed by atoms with Gasteiger partial charge in [-0.25, -0.2) is 0 Å². The fourth-order valence-electron chi connectivity index (χ4n) is 4.90. The molecule has 0 amide bonds. The number of hydrogen-bond acceptors (Lipinski definition) is 4. The molecule has 26 heavy (non-hydrogen) atoms. The molecule has 4 nitrogen and oxygen atoms in total. The Morgan fingerprint density at radius 2 is 1.27 bits per heavy atom. The van der Waals surface area contributed by atoms with E-state index in [1.54, 1.807) is 14.2 Å². The lowest BCUT2D eigenvalue weighted by molar-refractivity contribution is -0.0523. The normalized spacial score (nSPS) is 30.7. The van der Waals surface area contributed by atoms with E-state index in [4.69, 9.17) is 9.47 Å². The third-order valence-electron chi connectivity index (χ3n) is 6.12. The van der Waals surface area contributed by atoms with Gasteiger partial charge in [-0.3, -0.25) is 0 Å². The molecule has 1 saturated carbocycles. The van der Waals surface area contributed by atoms with Gasteiger partial charge in [0.05, 0.1) is 20.3 Å². The van der Waals surface area contributed by atoms with Crippen LogP contribution in [0.2, 0.25) is 0 Å². The molecule has 2 aromatic rings. The standard InChI is InChI=1S/C22H27NO3/c1-25-18-12-5-3-8-14(18)20-16-10-7-11-17(22(16)24)21(23-20)15-9-4-6-13-19(15)26-2/h3-6,8-9,12-13,16-17,20-24H,7,10-11H2,1-2H3. The van der Waals surface area contributed by atoms with Gasteiger partial charge in [0.2, 0.25) is 0 Å². The fourth-order valence-corrected chi connectivity index (χ4v) is 4.90. The summed E-state index contributed by atoms with van der Waals surface area (Å²) in [5, 5.41) is 15.0. The predicted octanol–water partition coefficient (Wildman–Crippen LogP) is 3.87. The molecule has 0 radical (unpaired) electrons. The second kappa shape index (κ2) is 7.29. The van der Waals surface area contributed by atoms with Crippen LogP contribution in [-0.2, 0) is 0 Å². The van der Waals surface area contributed by atoms with Crippen LogP contribution in [0.25, 0.3) is 0 Å². The molecule has 138 valence electrons. The molecule has 4 rings (SSSR count). The van der Waals surface area contributed by atoms with Gasteiger partial charge in [-0.15, -0.1) is 0 Å². The van der Waals surface area contributed by atoms with Gasteiger partial charge in [-0.1, -0.05) is 42.8 Å². The van der Waals surface area contributed by atoms with Crippen molar-refractivity contribution in [2.24, 2.45) is 11.8 Å². The van der Waals surface area contributed by atoms with Crippen LogP contribution in [-0.4, -0.2) is 25.4 Å². The maximum atomic E-state index is 11.2. The second-order valence-corrected chi connectivity index (χ2v) is 7.36. The number of hydrogen-bond donors (Lipinski definition) is 2. The summed E-state index contributed by atoms with van der Waals surface area (Å²) in [7, 11) is 3.42. The van der Waals surface area contributed by atoms with Crippen LogP contribution in [0.3, 0.4) is 0 Å². The number of rotatable bonds is 4. The lowest BCUT2D eigenvalue weighted by Gasteiger charge is -2.50. The largest absolute Gasteiger partial charge is 0.496 e. The molecule has 1 aliphatic carbocycles. The molecule has 4 heteroatoms. The summed E-state index contributed by atoms with van der Waals surface area (Å²) in [5.41, 5.74) is 2.25. The van der Waals surface area contributed by atoms with Gasteiger partial charge in [0.15, 0.2) is 0 Å². The number of benzene rings is 2. The first kappa shape index (κ1) is 17.4. The molecule has 1 saturated heterocycles. The average molecular weight is 353 g/mol. The van der Waals surface area contributed by atoms with E-state index in [1.165, 1.54) is 0 Å². The van der Waals surface area contributed by atoms with Gasteiger partial charge in [0.25, 0.3) is 0 Å². The van der Waals surface area contributed by atoms with E-state index in [-0.39, 0.29) is 30.0 Å². The predicted molar refractivity (Wildman–Crippen MR) is 101 cm³/mol. The first-order valence-corrected chi connectivity index (χ1v) is 9.44. The van der Waals surface area contributed by atoms with E-state index in [1.807, 2.05) is 36.4 Å². The molecule has 0 aromatic heterocycles. The number of ether oxygens (including phenoxy) is 2. The van der Waals surface area contributed by atoms with Crippen molar-refractivity contribution < 1.29 is 14.6 Å². The minimum atomic E-state index is -0.324. The molecule has 2 aromatic carbocycles. The highest BCUT2D eigenvalue weighted by Gasteiger charge is 2.47. The highest BCUT2D eigenvalue weighted by atomic mass is 16.5. The molecule has 1 aliphatic heterocycles. The minimum absolute atomic E-state index is 0.0626. The van der Waals surface area contributed by atoms with Gasteiger partial charge in [-0.05, 0) is 25.0 Å². The topological polar surface area (TPSA) is 50.7 Å². The Hall–Kier alpha value is -2.04. The maximum Gasteiger partial charge on any atom is 0.123 e. The van der Waals surface area contributed by atoms with Crippen molar-refractivity contribution >= 4 is 0 Å². The summed E-state index contributed by atoms with van der Waals surface area (Å²) >= 11 is 0. The van der Waals surface area contributed by atoms with Crippen molar-refractivity contribution in [1.82, 2.24) is 5.32 Å². The number of aliphatic hydroxyl groups is 1. The van der Waals surface area contributed by atoms with Gasteiger partial charge in [0, 0.05) is 35.0 Å². The van der Waals surface area contributed by atoms with E-state index >= 15 is 0 Å². The van der Waals surface area contributed by atoms with E-state index in [0.717, 1.165) is 41.9 Å². The zero-order valence-corrected chi connectivity index (χ0v) is 15.4. The quantitative estimate of drug-likeness (QED) is 0.876. The van der Waals surface area contributed by atoms with Crippen LogP contribution in [0, 0.1) is 11.8 Å². The van der Waals surface area contributed by atoms with E-state index in [9.17, 15) is 5.11 Å². The highest BCUT2D eigenvalue weighted by Crippen LogP contribution is 2.50. The van der Waals surface area contributed by atoms with E-state index in [2.05, 4.69) is 17.4 Å². The summed E-state index contributed by atoms with van der Waals surface area (Å²) in [4.78, 5) is 0. The lowest BCUT2D eigenvalue weighted by atomic mass is 9.66. The first-order chi connectivity index (χ1) is 12.7. The van der Waals surface area contributed by atoms with Crippen molar-refractivity contribution in [3.63, 3.8) is 0 Å². The number of piperidine rings is 1. The zero-order valence-electron chi connectivity index (χ0n) is 15.4. The Morgan fingerprint density at radius 3 is 1.73 bits per heavy atom. The first-order valence-electron chi connectivity index (χ1n) is 9.44. The van der Waals surface area contributed by atoms with Crippen molar-refractivity contribution in [3.8, 4) is 11.5 Å². The molecule has 2 fully saturated rings. The molecule has 4 unspecified atom stereocenters. The molecular formula is C22H27NO3. The summed E-state index contributed by atoms with van der Waals surface area (Å²) in [6, 6.07) is 16.4. The lowest BCUT2D eigenvalue weighted by Crippen LogP contribution is -2.53. The summed E-state index contributed by atoms with van der Waals surface area (Å²) in [6.45, 7) is 0. The van der Waals surface area contributed by atoms with Crippen LogP contribution in [0.5, 0.6) is 11.5 Å². The van der Waals surface area contributed by atoms with Crippen molar-refractivity contribution in [2.45, 2.75) is 37.5 Å². The second-order valence-electron chi connectivity index (χ2n) is 7.36. The van der Waals surface area contributed by atoms with Gasteiger partial charge >= 0.3 is 0 Å². The number of para-hydroxylation sites is 2. The van der Waals surface area contributed by atoms with Crippen LogP contribution in [0.4, 0.5) is 0 Å². The SMILES string of the molecule is COc1ccccc1C1NC(c2ccccc2OC)C2CCCC1C2O. The third kappa shape index (κ3) is 2.87. The summed E-state index contributed by atoms with van der Waals surface area (Å²) in [6.07, 6.45) is 2.89. The Labute approximate surface area is 155 Å². The monoisotopic (exact) mass is 353 g/mol. The molecule has 2 N–H and O–H groups in total. The van der Waals surface area contributed by atoms with Crippen LogP contribution in [0.15, 0.2) is 48.5 Å². The van der Waals surface area contributed by atoms with Gasteiger partial charge < -0.3 is 19.9 Å². The zero-order chi connectivity index (χ0) is 18.1. The van der Waals surface area contributed by atoms with Gasteiger partial charge in [0.1, 0.15) is 11.5 Å². The molecular weight excluding hydrogens is 326 g/mol. The van der Waals surface area contributed by atoms with Crippen molar-refractivity contribution in [2.75, 3.05) is 14.2 Å². The fraction of sp³-hybridized carbons (Fsp3) is 0.455. The number of fused-ring (bicyclic) bond motifs is 2. The smallest absolute Gasteiger partial charge is 0.123 e. The molecule has 2 bridgehead atoms. The molecule has 0 spiro atoms. The highest BCUT2D eigenvalue weighted by molar-refractivity contribution is 5.40. The van der Waals surface area contributed by atoms with E-state index in [0.29, 0.717) is 0 Å². The van der Waals surface area contributed by atoms with Crippen LogP contribution < -0.4 is 14.8 Å². The Bertz CT molecular complexity index is 701. The Morgan fingerprint density at radius 1 is 0.808 bits per heavy atom. The number of aliphatic hydroxyl groups excluding tert-OH is 1. The Kier molecular flexibility index (Phi) is 4.88. The van der Waals surface area contributed by atoms with Crippen LogP contribution in [0.1, 0.15) is 42.5 Å². The number of methoxy groups -OCH3 is 2. The van der Waals surface area contributed by atoms with Crippen molar-refractivity contribution in [3.05, 3.63) is 59.7 Å². The molecule has 2 aliphatic rings. The van der Waals surface area contributed by atoms with E-state index < -0.39 is 0 Å². The maximum absolute atomic E-state index is 11.2.